The van der Waals surface area contributed by atoms with Crippen LogP contribution in [0.1, 0.15) is 24.0 Å². The van der Waals surface area contributed by atoms with Gasteiger partial charge in [-0.25, -0.2) is 4.79 Å². The molecule has 1 aliphatic rings. The Morgan fingerprint density at radius 3 is 2.70 bits per heavy atom. The van der Waals surface area contributed by atoms with Gasteiger partial charge in [-0.15, -0.1) is 0 Å². The van der Waals surface area contributed by atoms with E-state index in [0.717, 1.165) is 16.8 Å². The largest absolute Gasteiger partial charge is 0.326 e. The zero-order valence-electron chi connectivity index (χ0n) is 11.4. The van der Waals surface area contributed by atoms with Gasteiger partial charge in [-0.2, -0.15) is 0 Å². The number of imide groups is 1. The summed E-state index contributed by atoms with van der Waals surface area (Å²) in [6.07, 6.45) is 0.458. The minimum Gasteiger partial charge on any atom is -0.326 e. The van der Waals surface area contributed by atoms with E-state index in [-0.39, 0.29) is 24.7 Å². The Hall–Kier alpha value is -2.37. The van der Waals surface area contributed by atoms with Gasteiger partial charge in [0.1, 0.15) is 6.04 Å². The van der Waals surface area contributed by atoms with Crippen molar-refractivity contribution in [2.24, 2.45) is 0 Å². The summed E-state index contributed by atoms with van der Waals surface area (Å²) in [6, 6.07) is 4.69. The van der Waals surface area contributed by atoms with E-state index in [1.165, 1.54) is 0 Å². The van der Waals surface area contributed by atoms with E-state index in [9.17, 15) is 14.4 Å². The molecule has 1 saturated heterocycles. The van der Waals surface area contributed by atoms with Crippen LogP contribution < -0.4 is 16.0 Å². The smallest absolute Gasteiger partial charge is 0.322 e. The summed E-state index contributed by atoms with van der Waals surface area (Å²) < 4.78 is 0. The standard InChI is InChI=1S/C14H17N3O3/c1-8-3-4-9(2)11(7-8)15-12(18)6-5-10-13(19)17-14(20)16-10/h3-4,7,10H,5-6H2,1-2H3,(H,15,18)(H2,16,17,19,20). The minimum absolute atomic E-state index is 0.172. The second-order valence-corrected chi connectivity index (χ2v) is 4.92. The summed E-state index contributed by atoms with van der Waals surface area (Å²) in [5, 5.41) is 7.42. The first-order valence-corrected chi connectivity index (χ1v) is 6.44. The predicted octanol–water partition coefficient (Wildman–Crippen LogP) is 1.23. The number of carbonyl (C=O) groups is 3. The molecule has 0 aliphatic carbocycles. The zero-order valence-corrected chi connectivity index (χ0v) is 11.4. The second-order valence-electron chi connectivity index (χ2n) is 4.92. The number of carbonyl (C=O) groups excluding carboxylic acids is 3. The predicted molar refractivity (Wildman–Crippen MR) is 74.2 cm³/mol. The summed E-state index contributed by atoms with van der Waals surface area (Å²) >= 11 is 0. The van der Waals surface area contributed by atoms with Crippen molar-refractivity contribution in [2.45, 2.75) is 32.7 Å². The molecule has 1 fully saturated rings. The third-order valence-electron chi connectivity index (χ3n) is 3.19. The molecule has 106 valence electrons. The fraction of sp³-hybridized carbons (Fsp3) is 0.357. The number of hydrogen-bond donors (Lipinski definition) is 3. The maximum atomic E-state index is 11.9. The zero-order chi connectivity index (χ0) is 14.7. The molecule has 0 spiro atoms. The molecule has 2 rings (SSSR count). The lowest BCUT2D eigenvalue weighted by Crippen LogP contribution is -2.30. The highest BCUT2D eigenvalue weighted by Gasteiger charge is 2.29. The van der Waals surface area contributed by atoms with E-state index in [0.29, 0.717) is 0 Å². The molecule has 6 nitrogen and oxygen atoms in total. The van der Waals surface area contributed by atoms with Crippen molar-refractivity contribution in [3.8, 4) is 0 Å². The Kier molecular flexibility index (Phi) is 4.02. The lowest BCUT2D eigenvalue weighted by molar-refractivity contribution is -0.120. The van der Waals surface area contributed by atoms with Crippen LogP contribution in [-0.4, -0.2) is 23.9 Å². The molecular weight excluding hydrogens is 258 g/mol. The van der Waals surface area contributed by atoms with Gasteiger partial charge in [-0.3, -0.25) is 14.9 Å². The van der Waals surface area contributed by atoms with Crippen LogP contribution in [0.25, 0.3) is 0 Å². The van der Waals surface area contributed by atoms with Crippen LogP contribution in [-0.2, 0) is 9.59 Å². The van der Waals surface area contributed by atoms with Gasteiger partial charge in [-0.05, 0) is 37.5 Å². The minimum atomic E-state index is -0.619. The van der Waals surface area contributed by atoms with Crippen LogP contribution in [0.4, 0.5) is 10.5 Å². The maximum Gasteiger partial charge on any atom is 0.322 e. The average Bonchev–Trinajstić information content (AvgIpc) is 2.70. The van der Waals surface area contributed by atoms with Gasteiger partial charge in [0.15, 0.2) is 0 Å². The average molecular weight is 275 g/mol. The molecule has 0 radical (unpaired) electrons. The lowest BCUT2D eigenvalue weighted by Gasteiger charge is -2.10. The van der Waals surface area contributed by atoms with Crippen molar-refractivity contribution in [3.05, 3.63) is 29.3 Å². The molecule has 6 heteroatoms. The molecule has 0 bridgehead atoms. The molecule has 0 saturated carbocycles. The first-order valence-electron chi connectivity index (χ1n) is 6.44. The Morgan fingerprint density at radius 2 is 2.05 bits per heavy atom. The molecule has 1 aromatic rings. The molecule has 3 N–H and O–H groups in total. The van der Waals surface area contributed by atoms with Crippen LogP contribution in [0.5, 0.6) is 0 Å². The normalized spacial score (nSPS) is 17.6. The molecule has 1 aliphatic heterocycles. The number of nitrogens with one attached hydrogen (secondary N) is 3. The summed E-state index contributed by atoms with van der Waals surface area (Å²) in [5.74, 6) is -0.554. The molecule has 1 unspecified atom stereocenters. The Labute approximate surface area is 116 Å². The fourth-order valence-corrected chi connectivity index (χ4v) is 2.02. The van der Waals surface area contributed by atoms with Crippen LogP contribution in [0.3, 0.4) is 0 Å². The van der Waals surface area contributed by atoms with Gasteiger partial charge >= 0.3 is 6.03 Å². The number of benzene rings is 1. The van der Waals surface area contributed by atoms with E-state index in [2.05, 4.69) is 16.0 Å². The first kappa shape index (κ1) is 14.0. The van der Waals surface area contributed by atoms with Gasteiger partial charge in [0.05, 0.1) is 0 Å². The van der Waals surface area contributed by atoms with Crippen LogP contribution >= 0.6 is 0 Å². The maximum absolute atomic E-state index is 11.9. The van der Waals surface area contributed by atoms with Crippen LogP contribution in [0.15, 0.2) is 18.2 Å². The number of rotatable bonds is 4. The van der Waals surface area contributed by atoms with Gasteiger partial charge in [0.25, 0.3) is 5.91 Å². The lowest BCUT2D eigenvalue weighted by atomic mass is 10.1. The number of hydrogen-bond acceptors (Lipinski definition) is 3. The van der Waals surface area contributed by atoms with E-state index in [4.69, 9.17) is 0 Å². The van der Waals surface area contributed by atoms with Crippen molar-refractivity contribution in [1.29, 1.82) is 0 Å². The summed E-state index contributed by atoms with van der Waals surface area (Å²) in [5.41, 5.74) is 2.82. The van der Waals surface area contributed by atoms with Crippen molar-refractivity contribution in [1.82, 2.24) is 10.6 Å². The van der Waals surface area contributed by atoms with Crippen molar-refractivity contribution in [2.75, 3.05) is 5.32 Å². The molecule has 4 amide bonds. The Morgan fingerprint density at radius 1 is 1.30 bits per heavy atom. The fourth-order valence-electron chi connectivity index (χ4n) is 2.02. The van der Waals surface area contributed by atoms with Gasteiger partial charge in [0, 0.05) is 12.1 Å². The number of anilines is 1. The summed E-state index contributed by atoms with van der Waals surface area (Å²) in [7, 11) is 0. The molecular formula is C14H17N3O3. The molecule has 1 aromatic carbocycles. The highest BCUT2D eigenvalue weighted by atomic mass is 16.2. The van der Waals surface area contributed by atoms with Gasteiger partial charge in [0.2, 0.25) is 5.91 Å². The van der Waals surface area contributed by atoms with E-state index in [1.54, 1.807) is 0 Å². The number of aryl methyl sites for hydroxylation is 2. The molecule has 1 atom stereocenters. The third-order valence-corrected chi connectivity index (χ3v) is 3.19. The van der Waals surface area contributed by atoms with Gasteiger partial charge in [-0.1, -0.05) is 12.1 Å². The Balaban J connectivity index is 1.88. The first-order chi connectivity index (χ1) is 9.45. The summed E-state index contributed by atoms with van der Waals surface area (Å²) in [6.45, 7) is 3.87. The van der Waals surface area contributed by atoms with E-state index in [1.807, 2.05) is 32.0 Å². The number of amides is 4. The quantitative estimate of drug-likeness (QED) is 0.722. The van der Waals surface area contributed by atoms with Crippen LogP contribution in [0, 0.1) is 13.8 Å². The molecule has 1 heterocycles. The highest BCUT2D eigenvalue weighted by Crippen LogP contribution is 2.17. The molecule has 20 heavy (non-hydrogen) atoms. The van der Waals surface area contributed by atoms with E-state index >= 15 is 0 Å². The van der Waals surface area contributed by atoms with E-state index < -0.39 is 12.1 Å². The topological polar surface area (TPSA) is 87.3 Å². The molecule has 0 aromatic heterocycles. The Bertz CT molecular complexity index is 569. The van der Waals surface area contributed by atoms with Crippen LogP contribution in [0.2, 0.25) is 0 Å². The highest BCUT2D eigenvalue weighted by molar-refractivity contribution is 6.04. The second kappa shape index (κ2) is 5.73. The van der Waals surface area contributed by atoms with Gasteiger partial charge < -0.3 is 10.6 Å². The number of urea groups is 1. The summed E-state index contributed by atoms with van der Waals surface area (Å²) in [4.78, 5) is 34.1. The van der Waals surface area contributed by atoms with Crippen molar-refractivity contribution < 1.29 is 14.4 Å². The third kappa shape index (κ3) is 3.34. The van der Waals surface area contributed by atoms with Crippen molar-refractivity contribution in [3.63, 3.8) is 0 Å². The monoisotopic (exact) mass is 275 g/mol. The SMILES string of the molecule is Cc1ccc(C)c(NC(=O)CCC2NC(=O)NC2=O)c1. The van der Waals surface area contributed by atoms with Crippen molar-refractivity contribution >= 4 is 23.5 Å².